The maximum absolute atomic E-state index is 11.3. The van der Waals surface area contributed by atoms with Gasteiger partial charge in [-0.1, -0.05) is 0 Å². The van der Waals surface area contributed by atoms with Gasteiger partial charge in [-0.3, -0.25) is 4.57 Å². The van der Waals surface area contributed by atoms with E-state index >= 15 is 0 Å². The fraction of sp³-hybridized carbons (Fsp3) is 1.00. The van der Waals surface area contributed by atoms with Crippen LogP contribution in [-0.2, 0) is 13.0 Å². The molecule has 0 aromatic heterocycles. The summed E-state index contributed by atoms with van der Waals surface area (Å²) in [4.78, 5) is 11.3. The number of hydrogen-bond acceptors (Lipinski definition) is 4. The summed E-state index contributed by atoms with van der Waals surface area (Å²) in [5.41, 5.74) is 0. The van der Waals surface area contributed by atoms with Crippen LogP contribution < -0.4 is 34.5 Å². The monoisotopic (exact) mass is 264 g/mol. The van der Waals surface area contributed by atoms with E-state index in [-0.39, 0.29) is 29.6 Å². The van der Waals surface area contributed by atoms with Crippen molar-refractivity contribution in [3.8, 4) is 0 Å². The molecule has 0 bridgehead atoms. The van der Waals surface area contributed by atoms with Crippen LogP contribution in [-0.4, -0.2) is 16.6 Å². The van der Waals surface area contributed by atoms with Gasteiger partial charge >= 0.3 is 29.6 Å². The fourth-order valence-electron chi connectivity index (χ4n) is 0.689. The molecule has 0 aliphatic heterocycles. The summed E-state index contributed by atoms with van der Waals surface area (Å²) < 4.78 is 21.2. The van der Waals surface area contributed by atoms with Gasteiger partial charge in [0, 0.05) is 0 Å². The van der Waals surface area contributed by atoms with Crippen molar-refractivity contribution in [1.82, 2.24) is 0 Å². The van der Waals surface area contributed by atoms with Gasteiger partial charge < -0.3 is 13.3 Å². The first-order valence-corrected chi connectivity index (χ1v) is 12.4. The predicted molar refractivity (Wildman–Crippen MR) is 56.5 cm³/mol. The number of rotatable bonds is 4. The molecule has 0 saturated heterocycles. The minimum absolute atomic E-state index is 0. The Morgan fingerprint density at radius 3 is 1.29 bits per heavy atom. The zero-order valence-electron chi connectivity index (χ0n) is 10.1. The van der Waals surface area contributed by atoms with Crippen molar-refractivity contribution in [2.45, 2.75) is 39.3 Å². The van der Waals surface area contributed by atoms with Crippen molar-refractivity contribution >= 4 is 24.5 Å². The van der Waals surface area contributed by atoms with Gasteiger partial charge in [0.15, 0.2) is 16.6 Å². The Morgan fingerprint density at radius 1 is 0.929 bits per heavy atom. The molecule has 0 amide bonds. The molecular formula is C6H18NaO4PSi2. The van der Waals surface area contributed by atoms with Gasteiger partial charge in [-0.2, -0.15) is 0 Å². The quantitative estimate of drug-likeness (QED) is 0.491. The molecule has 0 aliphatic rings. The van der Waals surface area contributed by atoms with Gasteiger partial charge in [0.2, 0.25) is 7.82 Å². The smallest absolute Gasteiger partial charge is 0.757 e. The van der Waals surface area contributed by atoms with Crippen LogP contribution in [0.15, 0.2) is 0 Å². The summed E-state index contributed by atoms with van der Waals surface area (Å²) in [5, 5.41) is 0. The summed E-state index contributed by atoms with van der Waals surface area (Å²) >= 11 is 0. The summed E-state index contributed by atoms with van der Waals surface area (Å²) in [5.74, 6) is 0. The molecule has 0 aromatic rings. The van der Waals surface area contributed by atoms with Crippen LogP contribution in [0.3, 0.4) is 0 Å². The topological polar surface area (TPSA) is 58.6 Å². The molecule has 0 radical (unpaired) electrons. The first-order valence-electron chi connectivity index (χ1n) is 4.14. The van der Waals surface area contributed by atoms with Crippen LogP contribution in [0.2, 0.25) is 39.3 Å². The standard InChI is InChI=1S/C6H19O4PSi2.Na/c1-12(2,3)9-11(7,8)10-13(4,5)6;/h1-6H3,(H,7,8);/q;+1/p-1. The average Bonchev–Trinajstić information content (AvgIpc) is 1.43. The fourth-order valence-corrected chi connectivity index (χ4v) is 6.54. The molecule has 0 heterocycles. The third-order valence-corrected chi connectivity index (χ3v) is 6.94. The van der Waals surface area contributed by atoms with E-state index in [2.05, 4.69) is 0 Å². The van der Waals surface area contributed by atoms with E-state index < -0.39 is 24.5 Å². The first kappa shape index (κ1) is 17.9. The van der Waals surface area contributed by atoms with Crippen LogP contribution >= 0.6 is 7.82 Å². The third kappa shape index (κ3) is 11.6. The van der Waals surface area contributed by atoms with E-state index in [0.717, 1.165) is 0 Å². The second-order valence-electron chi connectivity index (χ2n) is 4.85. The zero-order valence-corrected chi connectivity index (χ0v) is 15.0. The Kier molecular flexibility index (Phi) is 7.36. The maximum atomic E-state index is 11.3. The molecular weight excluding hydrogens is 246 g/mol. The molecule has 0 saturated carbocycles. The van der Waals surface area contributed by atoms with Crippen molar-refractivity contribution in [3.05, 3.63) is 0 Å². The van der Waals surface area contributed by atoms with Crippen LogP contribution in [0.1, 0.15) is 0 Å². The molecule has 0 aromatic carbocycles. The van der Waals surface area contributed by atoms with Gasteiger partial charge in [-0.25, -0.2) is 0 Å². The number of hydrogen-bond donors (Lipinski definition) is 0. The predicted octanol–water partition coefficient (Wildman–Crippen LogP) is -0.838. The van der Waals surface area contributed by atoms with Crippen LogP contribution in [0.4, 0.5) is 0 Å². The Labute approximate surface area is 111 Å². The van der Waals surface area contributed by atoms with Gasteiger partial charge in [0.1, 0.15) is 0 Å². The Morgan fingerprint density at radius 2 is 1.14 bits per heavy atom. The average molecular weight is 264 g/mol. The van der Waals surface area contributed by atoms with Gasteiger partial charge in [0.25, 0.3) is 0 Å². The second-order valence-corrected chi connectivity index (χ2v) is 15.7. The Balaban J connectivity index is 0. The van der Waals surface area contributed by atoms with Crippen molar-refractivity contribution < 1.29 is 47.4 Å². The third-order valence-electron chi connectivity index (χ3n) is 0.771. The van der Waals surface area contributed by atoms with E-state index in [1.54, 1.807) is 0 Å². The normalized spacial score (nSPS) is 13.6. The summed E-state index contributed by atoms with van der Waals surface area (Å²) in [6.07, 6.45) is 0. The number of phosphoric acid groups is 1. The molecule has 8 heteroatoms. The SMILES string of the molecule is C[Si](C)(C)OP(=O)([O-])O[Si](C)(C)C.[Na+]. The van der Waals surface area contributed by atoms with E-state index in [1.807, 2.05) is 39.3 Å². The first-order chi connectivity index (χ1) is 5.41. The van der Waals surface area contributed by atoms with Gasteiger partial charge in [-0.05, 0) is 39.3 Å². The van der Waals surface area contributed by atoms with Gasteiger partial charge in [-0.15, -0.1) is 0 Å². The molecule has 4 nitrogen and oxygen atoms in total. The van der Waals surface area contributed by atoms with E-state index in [1.165, 1.54) is 0 Å². The minimum atomic E-state index is -4.06. The van der Waals surface area contributed by atoms with Crippen molar-refractivity contribution in [2.75, 3.05) is 0 Å². The van der Waals surface area contributed by atoms with Gasteiger partial charge in [0.05, 0.1) is 0 Å². The molecule has 0 N–H and O–H groups in total. The molecule has 0 spiro atoms. The minimum Gasteiger partial charge on any atom is -0.757 e. The molecule has 0 atom stereocenters. The molecule has 0 aliphatic carbocycles. The molecule has 0 rings (SSSR count). The molecule has 80 valence electrons. The van der Waals surface area contributed by atoms with E-state index in [0.29, 0.717) is 0 Å². The largest absolute Gasteiger partial charge is 1.00 e. The van der Waals surface area contributed by atoms with Crippen molar-refractivity contribution in [3.63, 3.8) is 0 Å². The Bertz CT molecular complexity index is 203. The summed E-state index contributed by atoms with van der Waals surface area (Å²) in [6.45, 7) is 10.9. The van der Waals surface area contributed by atoms with Crippen LogP contribution in [0, 0.1) is 0 Å². The van der Waals surface area contributed by atoms with Crippen LogP contribution in [0.25, 0.3) is 0 Å². The van der Waals surface area contributed by atoms with E-state index in [9.17, 15) is 9.46 Å². The van der Waals surface area contributed by atoms with Crippen molar-refractivity contribution in [1.29, 1.82) is 0 Å². The van der Waals surface area contributed by atoms with E-state index in [4.69, 9.17) is 8.43 Å². The maximum Gasteiger partial charge on any atom is 1.00 e. The molecule has 0 fully saturated rings. The molecule has 14 heavy (non-hydrogen) atoms. The molecule has 0 unspecified atom stereocenters. The van der Waals surface area contributed by atoms with Crippen LogP contribution in [0.5, 0.6) is 0 Å². The Hall–Kier alpha value is 1.54. The van der Waals surface area contributed by atoms with Crippen molar-refractivity contribution in [2.24, 2.45) is 0 Å². The zero-order chi connectivity index (χ0) is 10.9. The summed E-state index contributed by atoms with van der Waals surface area (Å²) in [7, 11) is -8.20. The summed E-state index contributed by atoms with van der Waals surface area (Å²) in [6, 6.07) is 0. The second kappa shape index (κ2) is 5.75.